The van der Waals surface area contributed by atoms with E-state index in [-0.39, 0.29) is 23.8 Å². The van der Waals surface area contributed by atoms with Gasteiger partial charge in [-0.25, -0.2) is 4.79 Å². The summed E-state index contributed by atoms with van der Waals surface area (Å²) in [6, 6.07) is 0. The lowest BCUT2D eigenvalue weighted by Gasteiger charge is -2.20. The summed E-state index contributed by atoms with van der Waals surface area (Å²) >= 11 is 1.18. The Labute approximate surface area is 171 Å². The minimum atomic E-state index is -0.499. The standard InChI is InChI=1S/C21H32N2O4S/c1-6-23(7-2)20(25)17-14(5)16(21(26)27-13(3)4)19(28-17)22-18(24)15-11-9-8-10-12-15/h13,15H,6-12H2,1-5H3,(H,22,24). The van der Waals surface area contributed by atoms with E-state index in [1.807, 2.05) is 13.8 Å². The fourth-order valence-electron chi connectivity index (χ4n) is 3.56. The molecule has 2 amide bonds. The number of hydrogen-bond donors (Lipinski definition) is 1. The summed E-state index contributed by atoms with van der Waals surface area (Å²) in [7, 11) is 0. The van der Waals surface area contributed by atoms with E-state index in [2.05, 4.69) is 5.32 Å². The first-order valence-electron chi connectivity index (χ1n) is 10.2. The second kappa shape index (κ2) is 10.0. The molecule has 0 bridgehead atoms. The lowest BCUT2D eigenvalue weighted by molar-refractivity contribution is -0.120. The number of carbonyl (C=O) groups is 3. The maximum absolute atomic E-state index is 12.9. The van der Waals surface area contributed by atoms with Gasteiger partial charge in [-0.05, 0) is 53.0 Å². The van der Waals surface area contributed by atoms with E-state index in [1.54, 1.807) is 25.7 Å². The summed E-state index contributed by atoms with van der Waals surface area (Å²) < 4.78 is 5.38. The molecule has 156 valence electrons. The molecular formula is C21H32N2O4S. The van der Waals surface area contributed by atoms with Gasteiger partial charge >= 0.3 is 5.97 Å². The van der Waals surface area contributed by atoms with E-state index in [1.165, 1.54) is 11.3 Å². The monoisotopic (exact) mass is 408 g/mol. The van der Waals surface area contributed by atoms with Gasteiger partial charge in [-0.2, -0.15) is 0 Å². The molecule has 28 heavy (non-hydrogen) atoms. The molecule has 0 atom stereocenters. The van der Waals surface area contributed by atoms with Crippen LogP contribution >= 0.6 is 11.3 Å². The average Bonchev–Trinajstić information content (AvgIpc) is 2.98. The van der Waals surface area contributed by atoms with Gasteiger partial charge in [0, 0.05) is 19.0 Å². The highest BCUT2D eigenvalue weighted by molar-refractivity contribution is 7.18. The van der Waals surface area contributed by atoms with Crippen molar-refractivity contribution in [2.75, 3.05) is 18.4 Å². The van der Waals surface area contributed by atoms with Crippen LogP contribution in [-0.2, 0) is 9.53 Å². The number of thiophene rings is 1. The third-order valence-electron chi connectivity index (χ3n) is 5.15. The molecule has 1 fully saturated rings. The minimum Gasteiger partial charge on any atom is -0.459 e. The Bertz CT molecular complexity index is 716. The van der Waals surface area contributed by atoms with Crippen LogP contribution in [-0.4, -0.2) is 41.9 Å². The molecule has 0 aromatic carbocycles. The van der Waals surface area contributed by atoms with Crippen LogP contribution in [0.15, 0.2) is 0 Å². The Morgan fingerprint density at radius 2 is 1.75 bits per heavy atom. The molecule has 7 heteroatoms. The Kier molecular flexibility index (Phi) is 8.04. The van der Waals surface area contributed by atoms with Crippen LogP contribution in [0, 0.1) is 12.8 Å². The van der Waals surface area contributed by atoms with E-state index in [0.717, 1.165) is 32.1 Å². The van der Waals surface area contributed by atoms with Crippen LogP contribution in [0.3, 0.4) is 0 Å². The zero-order valence-electron chi connectivity index (χ0n) is 17.6. The predicted octanol–water partition coefficient (Wildman–Crippen LogP) is 4.62. The van der Waals surface area contributed by atoms with Crippen LogP contribution in [0.2, 0.25) is 0 Å². The van der Waals surface area contributed by atoms with Gasteiger partial charge in [-0.15, -0.1) is 11.3 Å². The number of rotatable bonds is 7. The molecule has 1 heterocycles. The number of carbonyl (C=O) groups excluding carboxylic acids is 3. The van der Waals surface area contributed by atoms with Gasteiger partial charge < -0.3 is 15.0 Å². The first kappa shape index (κ1) is 22.4. The van der Waals surface area contributed by atoms with Gasteiger partial charge in [0.15, 0.2) is 0 Å². The van der Waals surface area contributed by atoms with Gasteiger partial charge in [-0.3, -0.25) is 9.59 Å². The zero-order valence-corrected chi connectivity index (χ0v) is 18.4. The number of ether oxygens (including phenoxy) is 1. The van der Waals surface area contributed by atoms with Crippen molar-refractivity contribution in [2.24, 2.45) is 5.92 Å². The van der Waals surface area contributed by atoms with E-state index in [4.69, 9.17) is 4.74 Å². The van der Waals surface area contributed by atoms with Crippen molar-refractivity contribution in [2.45, 2.75) is 72.8 Å². The molecule has 1 aromatic rings. The number of hydrogen-bond acceptors (Lipinski definition) is 5. The van der Waals surface area contributed by atoms with Crippen LogP contribution < -0.4 is 5.32 Å². The molecule has 0 radical (unpaired) electrons. The second-order valence-corrected chi connectivity index (χ2v) is 8.54. The summed E-state index contributed by atoms with van der Waals surface area (Å²) in [5.41, 5.74) is 0.879. The molecule has 1 aliphatic carbocycles. The number of amides is 2. The van der Waals surface area contributed by atoms with E-state index in [0.29, 0.717) is 34.1 Å². The third-order valence-corrected chi connectivity index (χ3v) is 6.35. The van der Waals surface area contributed by atoms with Crippen molar-refractivity contribution in [3.8, 4) is 0 Å². The number of nitrogens with zero attached hydrogens (tertiary/aromatic N) is 1. The average molecular weight is 409 g/mol. The van der Waals surface area contributed by atoms with Crippen molar-refractivity contribution >= 4 is 34.1 Å². The molecule has 1 saturated carbocycles. The quantitative estimate of drug-likeness (QED) is 0.668. The molecule has 1 aromatic heterocycles. The van der Waals surface area contributed by atoms with Crippen molar-refractivity contribution < 1.29 is 19.1 Å². The van der Waals surface area contributed by atoms with Crippen molar-refractivity contribution in [1.82, 2.24) is 4.90 Å². The highest BCUT2D eigenvalue weighted by Crippen LogP contribution is 2.36. The molecular weight excluding hydrogens is 376 g/mol. The topological polar surface area (TPSA) is 75.7 Å². The summed E-state index contributed by atoms with van der Waals surface area (Å²) in [6.07, 6.45) is 4.72. The minimum absolute atomic E-state index is 0.0351. The zero-order chi connectivity index (χ0) is 20.8. The van der Waals surface area contributed by atoms with Crippen LogP contribution in [0.4, 0.5) is 5.00 Å². The lowest BCUT2D eigenvalue weighted by atomic mass is 9.89. The predicted molar refractivity (Wildman–Crippen MR) is 112 cm³/mol. The van der Waals surface area contributed by atoms with Gasteiger partial charge in [0.25, 0.3) is 5.91 Å². The highest BCUT2D eigenvalue weighted by atomic mass is 32.1. The summed E-state index contributed by atoms with van der Waals surface area (Å²) in [5, 5.41) is 3.36. The largest absolute Gasteiger partial charge is 0.459 e. The van der Waals surface area contributed by atoms with Crippen molar-refractivity contribution in [3.63, 3.8) is 0 Å². The summed E-state index contributed by atoms with van der Waals surface area (Å²) in [4.78, 5) is 40.6. The van der Waals surface area contributed by atoms with E-state index in [9.17, 15) is 14.4 Å². The number of anilines is 1. The van der Waals surface area contributed by atoms with Crippen LogP contribution in [0.1, 0.15) is 85.4 Å². The second-order valence-electron chi connectivity index (χ2n) is 7.52. The van der Waals surface area contributed by atoms with E-state index >= 15 is 0 Å². The SMILES string of the molecule is CCN(CC)C(=O)c1sc(NC(=O)C2CCCCC2)c(C(=O)OC(C)C)c1C. The highest BCUT2D eigenvalue weighted by Gasteiger charge is 2.30. The smallest absolute Gasteiger partial charge is 0.341 e. The van der Waals surface area contributed by atoms with Crippen LogP contribution in [0.5, 0.6) is 0 Å². The molecule has 0 saturated heterocycles. The number of nitrogens with one attached hydrogen (secondary N) is 1. The molecule has 0 unspecified atom stereocenters. The normalized spacial score (nSPS) is 14.8. The molecule has 1 aliphatic rings. The van der Waals surface area contributed by atoms with Crippen LogP contribution in [0.25, 0.3) is 0 Å². The molecule has 2 rings (SSSR count). The maximum atomic E-state index is 12.9. The first-order valence-corrected chi connectivity index (χ1v) is 11.1. The molecule has 6 nitrogen and oxygen atoms in total. The summed E-state index contributed by atoms with van der Waals surface area (Å²) in [6.45, 7) is 10.3. The Morgan fingerprint density at radius 3 is 2.29 bits per heavy atom. The summed E-state index contributed by atoms with van der Waals surface area (Å²) in [5.74, 6) is -0.723. The lowest BCUT2D eigenvalue weighted by Crippen LogP contribution is -2.30. The molecule has 0 spiro atoms. The Morgan fingerprint density at radius 1 is 1.14 bits per heavy atom. The van der Waals surface area contributed by atoms with Crippen molar-refractivity contribution in [1.29, 1.82) is 0 Å². The third kappa shape index (κ3) is 5.13. The van der Waals surface area contributed by atoms with Crippen molar-refractivity contribution in [3.05, 3.63) is 16.0 Å². The van der Waals surface area contributed by atoms with Gasteiger partial charge in [0.05, 0.1) is 16.5 Å². The van der Waals surface area contributed by atoms with Gasteiger partial charge in [0.1, 0.15) is 5.00 Å². The van der Waals surface area contributed by atoms with Gasteiger partial charge in [-0.1, -0.05) is 19.3 Å². The Hall–Kier alpha value is -1.89. The molecule has 0 aliphatic heterocycles. The van der Waals surface area contributed by atoms with E-state index < -0.39 is 5.97 Å². The maximum Gasteiger partial charge on any atom is 0.341 e. The molecule has 1 N–H and O–H groups in total. The Balaban J connectivity index is 2.37. The fourth-order valence-corrected chi connectivity index (χ4v) is 4.72. The first-order chi connectivity index (χ1) is 13.3. The van der Waals surface area contributed by atoms with Gasteiger partial charge in [0.2, 0.25) is 5.91 Å². The number of esters is 1. The fraction of sp³-hybridized carbons (Fsp3) is 0.667.